The Morgan fingerprint density at radius 3 is 2.64 bits per heavy atom. The van der Waals surface area contributed by atoms with Crippen molar-refractivity contribution < 1.29 is 32.6 Å². The number of likely N-dealkylation sites (tertiary alicyclic amines) is 1. The van der Waals surface area contributed by atoms with Crippen LogP contribution >= 0.6 is 11.6 Å². The maximum atomic E-state index is 14.9. The number of carbonyl (C=O) groups excluding carboxylic acids is 2. The number of ether oxygens (including phenoxy) is 1. The third kappa shape index (κ3) is 5.05. The first-order chi connectivity index (χ1) is 26.3. The molecule has 10 rings (SSSR count). The number of alkyl halides is 3. The fraction of sp³-hybridized carbons (Fsp3) is 0.500. The summed E-state index contributed by atoms with van der Waals surface area (Å²) in [6, 6.07) is 2.57. The third-order valence-electron chi connectivity index (χ3n) is 13.3. The molecule has 2 spiro atoms. The SMILES string of the molecule is Cc1ncnc(C(=O)N2CCC3(c4c(n(CC(=O)Nc5ccc(C(F)(F)F)cc5Cl)c5nc(C6=CCC7(CC6)COC7)nn5c4=O)[C@H]4C[C@H]43)[C@@H]3CC[C@@H]32)c1O. The second-order valence-electron chi connectivity index (χ2n) is 16.1. The van der Waals surface area contributed by atoms with Crippen LogP contribution in [0.5, 0.6) is 5.75 Å². The van der Waals surface area contributed by atoms with Crippen molar-refractivity contribution in [3.63, 3.8) is 0 Å². The van der Waals surface area contributed by atoms with Crippen molar-refractivity contribution in [3.05, 3.63) is 80.0 Å². The van der Waals surface area contributed by atoms with E-state index in [0.717, 1.165) is 61.6 Å². The van der Waals surface area contributed by atoms with Gasteiger partial charge in [0.15, 0.2) is 17.3 Å². The first-order valence-corrected chi connectivity index (χ1v) is 19.0. The van der Waals surface area contributed by atoms with Crippen LogP contribution in [0.3, 0.4) is 0 Å². The van der Waals surface area contributed by atoms with Crippen molar-refractivity contribution >= 4 is 40.5 Å². The van der Waals surface area contributed by atoms with E-state index in [1.807, 2.05) is 0 Å². The number of amides is 2. The summed E-state index contributed by atoms with van der Waals surface area (Å²) in [6.07, 6.45) is 4.03. The predicted octanol–water partition coefficient (Wildman–Crippen LogP) is 5.27. The smallest absolute Gasteiger partial charge is 0.416 e. The summed E-state index contributed by atoms with van der Waals surface area (Å²) in [6.45, 7) is 3.08. The highest BCUT2D eigenvalue weighted by Crippen LogP contribution is 2.72. The Labute approximate surface area is 316 Å². The molecule has 2 saturated carbocycles. The van der Waals surface area contributed by atoms with E-state index < -0.39 is 23.1 Å². The molecule has 1 unspecified atom stereocenters. The van der Waals surface area contributed by atoms with Crippen LogP contribution in [0.4, 0.5) is 18.9 Å². The van der Waals surface area contributed by atoms with Gasteiger partial charge in [-0.25, -0.2) is 9.97 Å². The first-order valence-electron chi connectivity index (χ1n) is 18.6. The Balaban J connectivity index is 1.05. The van der Waals surface area contributed by atoms with Crippen LogP contribution in [-0.4, -0.2) is 76.8 Å². The van der Waals surface area contributed by atoms with Gasteiger partial charge in [0.2, 0.25) is 11.7 Å². The molecule has 17 heteroatoms. The first kappa shape index (κ1) is 34.6. The van der Waals surface area contributed by atoms with Gasteiger partial charge in [-0.1, -0.05) is 17.7 Å². The van der Waals surface area contributed by atoms with E-state index in [1.54, 1.807) is 16.4 Å². The largest absolute Gasteiger partial charge is 0.504 e. The number of carbonyl (C=O) groups is 2. The van der Waals surface area contributed by atoms with Gasteiger partial charge < -0.3 is 24.6 Å². The highest BCUT2D eigenvalue weighted by atomic mass is 35.5. The second-order valence-corrected chi connectivity index (χ2v) is 16.5. The number of allylic oxidation sites excluding steroid dienone is 2. The minimum atomic E-state index is -4.60. The highest BCUT2D eigenvalue weighted by Gasteiger charge is 2.70. The lowest BCUT2D eigenvalue weighted by atomic mass is 9.54. The zero-order valence-electron chi connectivity index (χ0n) is 29.7. The van der Waals surface area contributed by atoms with E-state index >= 15 is 0 Å². The molecule has 4 aliphatic carbocycles. The van der Waals surface area contributed by atoms with E-state index in [2.05, 4.69) is 21.4 Å². The molecular weight excluding hydrogens is 741 g/mol. The molecule has 5 atom stereocenters. The van der Waals surface area contributed by atoms with Crippen LogP contribution < -0.4 is 10.9 Å². The highest BCUT2D eigenvalue weighted by molar-refractivity contribution is 6.33. The topological polar surface area (TPSA) is 157 Å². The van der Waals surface area contributed by atoms with Crippen molar-refractivity contribution in [3.8, 4) is 5.75 Å². The van der Waals surface area contributed by atoms with Crippen LogP contribution in [0.2, 0.25) is 5.02 Å². The number of aromatic hydroxyl groups is 1. The Hall–Kier alpha value is -4.83. The number of rotatable bonds is 5. The fourth-order valence-electron chi connectivity index (χ4n) is 10.3. The van der Waals surface area contributed by atoms with E-state index in [-0.39, 0.29) is 75.2 Å². The molecular formula is C38H36ClF3N8O5. The Bertz CT molecular complexity index is 2440. The second kappa shape index (κ2) is 11.8. The Kier molecular flexibility index (Phi) is 7.46. The molecule has 0 bridgehead atoms. The number of halogens is 4. The average Bonchev–Trinajstić information content (AvgIpc) is 3.71. The number of benzene rings is 1. The maximum Gasteiger partial charge on any atom is 0.416 e. The summed E-state index contributed by atoms with van der Waals surface area (Å²) in [5.74, 6) is -0.500. The lowest BCUT2D eigenvalue weighted by Crippen LogP contribution is -2.64. The molecule has 2 aliphatic heterocycles. The average molecular weight is 777 g/mol. The monoisotopic (exact) mass is 776 g/mol. The summed E-state index contributed by atoms with van der Waals surface area (Å²) >= 11 is 6.22. The third-order valence-corrected chi connectivity index (χ3v) is 13.6. The molecule has 1 aromatic carbocycles. The van der Waals surface area contributed by atoms with Gasteiger partial charge in [0.1, 0.15) is 12.9 Å². The van der Waals surface area contributed by atoms with E-state index in [9.17, 15) is 32.7 Å². The van der Waals surface area contributed by atoms with Gasteiger partial charge >= 0.3 is 6.18 Å². The number of hydrogen-bond donors (Lipinski definition) is 2. The van der Waals surface area contributed by atoms with Gasteiger partial charge in [-0.3, -0.25) is 14.4 Å². The van der Waals surface area contributed by atoms with Crippen molar-refractivity contribution in [1.82, 2.24) is 34.0 Å². The summed E-state index contributed by atoms with van der Waals surface area (Å²) in [4.78, 5) is 57.3. The van der Waals surface area contributed by atoms with Gasteiger partial charge in [-0.15, -0.1) is 5.10 Å². The minimum Gasteiger partial charge on any atom is -0.504 e. The van der Waals surface area contributed by atoms with Crippen LogP contribution in [0.1, 0.15) is 89.7 Å². The molecule has 286 valence electrons. The fourth-order valence-corrected chi connectivity index (χ4v) is 10.5. The van der Waals surface area contributed by atoms with Crippen LogP contribution in [-0.2, 0) is 27.7 Å². The Morgan fingerprint density at radius 1 is 1.15 bits per heavy atom. The molecule has 6 aliphatic rings. The standard InChI is InChI=1S/C38H36ClF3N8O5/c1-18-31(52)29(44-17-43-18)34(54)48-11-10-37(22-3-5-26(22)48)23-13-21(23)30-28(37)33(53)50-35(46-32(47-50)19-6-8-36(9-7-19)15-55-16-36)49(30)14-27(51)45-25-4-2-20(12-24(25)39)38(40,41)42/h2,4,6,12,17,21-23,26,52H,3,5,7-11,13-16H2,1H3,(H,45,51)/t21-,22+,23+,26-,37?/m0/s1. The van der Waals surface area contributed by atoms with E-state index in [4.69, 9.17) is 26.4 Å². The summed E-state index contributed by atoms with van der Waals surface area (Å²) in [7, 11) is 0. The van der Waals surface area contributed by atoms with Gasteiger partial charge in [0.25, 0.3) is 11.5 Å². The number of nitrogens with zero attached hydrogens (tertiary/aromatic N) is 7. The zero-order chi connectivity index (χ0) is 38.2. The normalized spacial score (nSPS) is 27.2. The molecule has 5 heterocycles. The molecule has 0 radical (unpaired) electrons. The predicted molar refractivity (Wildman–Crippen MR) is 191 cm³/mol. The molecule has 13 nitrogen and oxygen atoms in total. The van der Waals surface area contributed by atoms with Crippen LogP contribution in [0.25, 0.3) is 11.4 Å². The van der Waals surface area contributed by atoms with Crippen molar-refractivity contribution in [1.29, 1.82) is 0 Å². The molecule has 4 fully saturated rings. The van der Waals surface area contributed by atoms with Gasteiger partial charge in [0.05, 0.1) is 35.2 Å². The number of piperidine rings is 1. The molecule has 2 N–H and O–H groups in total. The number of aryl methyl sites for hydroxylation is 1. The summed E-state index contributed by atoms with van der Waals surface area (Å²) in [5.41, 5.74) is 0.870. The molecule has 2 amide bonds. The molecule has 2 saturated heterocycles. The van der Waals surface area contributed by atoms with Crippen LogP contribution in [0, 0.1) is 24.2 Å². The number of hydrogen-bond acceptors (Lipinski definition) is 9. The summed E-state index contributed by atoms with van der Waals surface area (Å²) in [5, 5.41) is 17.9. The number of fused-ring (bicyclic) bond motifs is 8. The van der Waals surface area contributed by atoms with Gasteiger partial charge in [-0.2, -0.15) is 22.7 Å². The molecule has 3 aromatic heterocycles. The van der Waals surface area contributed by atoms with Gasteiger partial charge in [-0.05, 0) is 87.5 Å². The maximum absolute atomic E-state index is 14.9. The van der Waals surface area contributed by atoms with E-state index in [1.165, 1.54) is 10.8 Å². The van der Waals surface area contributed by atoms with Gasteiger partial charge in [0, 0.05) is 40.6 Å². The number of nitrogens with one attached hydrogen (secondary N) is 1. The lowest BCUT2D eigenvalue weighted by molar-refractivity contribution is -0.137. The quantitative estimate of drug-likeness (QED) is 0.276. The number of anilines is 1. The summed E-state index contributed by atoms with van der Waals surface area (Å²) < 4.78 is 48.6. The molecule has 4 aromatic rings. The number of aromatic nitrogens is 6. The van der Waals surface area contributed by atoms with Crippen molar-refractivity contribution in [2.45, 2.75) is 82.0 Å². The molecule has 55 heavy (non-hydrogen) atoms. The lowest BCUT2D eigenvalue weighted by Gasteiger charge is -2.58. The Morgan fingerprint density at radius 2 is 1.96 bits per heavy atom. The van der Waals surface area contributed by atoms with Crippen molar-refractivity contribution in [2.75, 3.05) is 25.1 Å². The van der Waals surface area contributed by atoms with Crippen molar-refractivity contribution in [2.24, 2.45) is 17.3 Å². The van der Waals surface area contributed by atoms with E-state index in [0.29, 0.717) is 49.7 Å². The van der Waals surface area contributed by atoms with Crippen LogP contribution in [0.15, 0.2) is 35.4 Å². The minimum absolute atomic E-state index is 0.0248. The zero-order valence-corrected chi connectivity index (χ0v) is 30.5.